The van der Waals surface area contributed by atoms with Gasteiger partial charge in [-0.25, -0.2) is 5.14 Å². The lowest BCUT2D eigenvalue weighted by Gasteiger charge is -2.10. The molecular formula is C8H13N3O3S. The first-order valence-corrected chi connectivity index (χ1v) is 5.74. The van der Waals surface area contributed by atoms with E-state index in [-0.39, 0.29) is 6.54 Å². The van der Waals surface area contributed by atoms with Crippen LogP contribution >= 0.6 is 0 Å². The maximum absolute atomic E-state index is 10.6. The minimum atomic E-state index is -3.77. The first-order valence-electron chi connectivity index (χ1n) is 4.19. The summed E-state index contributed by atoms with van der Waals surface area (Å²) in [5.41, 5.74) is 6.60. The zero-order chi connectivity index (χ0) is 11.5. The van der Waals surface area contributed by atoms with Gasteiger partial charge in [0.2, 0.25) is 0 Å². The Kier molecular flexibility index (Phi) is 3.64. The van der Waals surface area contributed by atoms with Crippen molar-refractivity contribution in [2.24, 2.45) is 5.14 Å². The van der Waals surface area contributed by atoms with Crippen LogP contribution in [0.2, 0.25) is 0 Å². The van der Waals surface area contributed by atoms with E-state index in [0.717, 1.165) is 0 Å². The standard InChI is InChI=1S/C8H13N3O3S/c9-7-3-1-6(2-4-7)8(12)5-11-15(10,13)14/h1-4,8,11-12H,5,9H2,(H2,10,13,14). The van der Waals surface area contributed by atoms with Gasteiger partial charge in [-0.3, -0.25) is 0 Å². The maximum Gasteiger partial charge on any atom is 0.274 e. The summed E-state index contributed by atoms with van der Waals surface area (Å²) in [7, 11) is -3.77. The molecule has 6 nitrogen and oxygen atoms in total. The molecule has 0 amide bonds. The van der Waals surface area contributed by atoms with Gasteiger partial charge in [0.25, 0.3) is 10.2 Å². The second-order valence-corrected chi connectivity index (χ2v) is 4.45. The van der Waals surface area contributed by atoms with E-state index in [1.54, 1.807) is 24.3 Å². The first kappa shape index (κ1) is 11.9. The van der Waals surface area contributed by atoms with Crippen LogP contribution in [0.1, 0.15) is 11.7 Å². The van der Waals surface area contributed by atoms with Crippen LogP contribution in [0, 0.1) is 0 Å². The lowest BCUT2D eigenvalue weighted by atomic mass is 10.1. The van der Waals surface area contributed by atoms with E-state index in [4.69, 9.17) is 10.9 Å². The third-order valence-electron chi connectivity index (χ3n) is 1.80. The lowest BCUT2D eigenvalue weighted by Crippen LogP contribution is -2.34. The van der Waals surface area contributed by atoms with Crippen LogP contribution in [-0.2, 0) is 10.2 Å². The number of nitrogen functional groups attached to an aromatic ring is 1. The fourth-order valence-electron chi connectivity index (χ4n) is 1.03. The van der Waals surface area contributed by atoms with Crippen LogP contribution in [0.5, 0.6) is 0 Å². The Morgan fingerprint density at radius 1 is 1.33 bits per heavy atom. The van der Waals surface area contributed by atoms with Gasteiger partial charge in [-0.2, -0.15) is 13.1 Å². The minimum Gasteiger partial charge on any atom is -0.399 e. The summed E-state index contributed by atoms with van der Waals surface area (Å²) in [5, 5.41) is 14.3. The topological polar surface area (TPSA) is 118 Å². The molecule has 0 aliphatic heterocycles. The Labute approximate surface area is 88.1 Å². The smallest absolute Gasteiger partial charge is 0.274 e. The second-order valence-electron chi connectivity index (χ2n) is 3.08. The molecule has 6 N–H and O–H groups in total. The van der Waals surface area contributed by atoms with Crippen LogP contribution in [-0.4, -0.2) is 20.1 Å². The molecule has 0 aromatic heterocycles. The van der Waals surface area contributed by atoms with Gasteiger partial charge in [-0.1, -0.05) is 12.1 Å². The van der Waals surface area contributed by atoms with Crippen molar-refractivity contribution in [3.8, 4) is 0 Å². The highest BCUT2D eigenvalue weighted by Gasteiger charge is 2.09. The Hall–Kier alpha value is -1.15. The predicted octanol–water partition coefficient (Wildman–Crippen LogP) is -0.905. The van der Waals surface area contributed by atoms with E-state index >= 15 is 0 Å². The normalized spacial score (nSPS) is 13.7. The zero-order valence-electron chi connectivity index (χ0n) is 7.92. The Bertz CT molecular complexity index is 415. The second kappa shape index (κ2) is 4.58. The Morgan fingerprint density at radius 3 is 2.33 bits per heavy atom. The van der Waals surface area contributed by atoms with Crippen molar-refractivity contribution in [3.05, 3.63) is 29.8 Å². The largest absolute Gasteiger partial charge is 0.399 e. The SMILES string of the molecule is Nc1ccc(C(O)CNS(N)(=O)=O)cc1. The highest BCUT2D eigenvalue weighted by molar-refractivity contribution is 7.87. The quantitative estimate of drug-likeness (QED) is 0.502. The van der Waals surface area contributed by atoms with Gasteiger partial charge in [0.15, 0.2) is 0 Å². The van der Waals surface area contributed by atoms with E-state index in [1.807, 2.05) is 4.72 Å². The molecule has 0 aliphatic rings. The van der Waals surface area contributed by atoms with Crippen LogP contribution in [0.25, 0.3) is 0 Å². The van der Waals surface area contributed by atoms with Crippen molar-refractivity contribution in [2.75, 3.05) is 12.3 Å². The molecule has 1 unspecified atom stereocenters. The molecule has 7 heteroatoms. The molecule has 1 aromatic rings. The molecule has 0 saturated heterocycles. The van der Waals surface area contributed by atoms with E-state index in [2.05, 4.69) is 0 Å². The van der Waals surface area contributed by atoms with Gasteiger partial charge in [0.05, 0.1) is 6.10 Å². The van der Waals surface area contributed by atoms with E-state index in [0.29, 0.717) is 11.3 Å². The number of nitrogens with one attached hydrogen (secondary N) is 1. The summed E-state index contributed by atoms with van der Waals surface area (Å²) in [5.74, 6) is 0. The molecule has 15 heavy (non-hydrogen) atoms. The maximum atomic E-state index is 10.6. The van der Waals surface area contributed by atoms with Crippen molar-refractivity contribution < 1.29 is 13.5 Å². The van der Waals surface area contributed by atoms with Gasteiger partial charge in [0.1, 0.15) is 0 Å². The number of anilines is 1. The van der Waals surface area contributed by atoms with Crippen molar-refractivity contribution >= 4 is 15.9 Å². The molecule has 0 radical (unpaired) electrons. The van der Waals surface area contributed by atoms with Crippen LogP contribution < -0.4 is 15.6 Å². The van der Waals surface area contributed by atoms with Crippen LogP contribution in [0.3, 0.4) is 0 Å². The summed E-state index contributed by atoms with van der Waals surface area (Å²) in [6.45, 7) is -0.164. The van der Waals surface area contributed by atoms with Gasteiger partial charge in [0, 0.05) is 12.2 Å². The first-order chi connectivity index (χ1) is 6.88. The average Bonchev–Trinajstić information content (AvgIpc) is 2.14. The molecular weight excluding hydrogens is 218 g/mol. The van der Waals surface area contributed by atoms with Crippen LogP contribution in [0.4, 0.5) is 5.69 Å². The summed E-state index contributed by atoms with van der Waals surface area (Å²) in [4.78, 5) is 0. The van der Waals surface area contributed by atoms with Gasteiger partial charge in [-0.05, 0) is 17.7 Å². The number of hydrogen-bond donors (Lipinski definition) is 4. The molecule has 84 valence electrons. The van der Waals surface area contributed by atoms with E-state index in [1.165, 1.54) is 0 Å². The number of aliphatic hydroxyl groups is 1. The fraction of sp³-hybridized carbons (Fsp3) is 0.250. The molecule has 1 rings (SSSR count). The summed E-state index contributed by atoms with van der Waals surface area (Å²) in [6, 6.07) is 6.47. The molecule has 0 spiro atoms. The number of nitrogens with two attached hydrogens (primary N) is 2. The molecule has 0 bridgehead atoms. The Morgan fingerprint density at radius 2 is 1.87 bits per heavy atom. The van der Waals surface area contributed by atoms with Crippen LogP contribution in [0.15, 0.2) is 24.3 Å². The summed E-state index contributed by atoms with van der Waals surface area (Å²) >= 11 is 0. The van der Waals surface area contributed by atoms with E-state index in [9.17, 15) is 13.5 Å². The summed E-state index contributed by atoms with van der Waals surface area (Å²) in [6.07, 6.45) is -0.941. The highest BCUT2D eigenvalue weighted by Crippen LogP contribution is 2.13. The van der Waals surface area contributed by atoms with Crippen molar-refractivity contribution in [1.82, 2.24) is 4.72 Å². The van der Waals surface area contributed by atoms with Gasteiger partial charge >= 0.3 is 0 Å². The molecule has 0 heterocycles. The average molecular weight is 231 g/mol. The highest BCUT2D eigenvalue weighted by atomic mass is 32.2. The summed E-state index contributed by atoms with van der Waals surface area (Å²) < 4.78 is 23.1. The third-order valence-corrected chi connectivity index (χ3v) is 2.37. The number of aliphatic hydroxyl groups excluding tert-OH is 1. The van der Waals surface area contributed by atoms with Gasteiger partial charge < -0.3 is 10.8 Å². The molecule has 1 aromatic carbocycles. The number of rotatable bonds is 4. The van der Waals surface area contributed by atoms with Crippen molar-refractivity contribution in [2.45, 2.75) is 6.10 Å². The molecule has 0 fully saturated rings. The molecule has 0 saturated carbocycles. The van der Waals surface area contributed by atoms with Crippen molar-refractivity contribution in [1.29, 1.82) is 0 Å². The Balaban J connectivity index is 2.61. The fourth-order valence-corrected chi connectivity index (χ4v) is 1.42. The lowest BCUT2D eigenvalue weighted by molar-refractivity contribution is 0.182. The zero-order valence-corrected chi connectivity index (χ0v) is 8.74. The third kappa shape index (κ3) is 4.26. The molecule has 1 atom stereocenters. The van der Waals surface area contributed by atoms with Crippen molar-refractivity contribution in [3.63, 3.8) is 0 Å². The predicted molar refractivity (Wildman–Crippen MR) is 56.9 cm³/mol. The monoisotopic (exact) mass is 231 g/mol. The number of hydrogen-bond acceptors (Lipinski definition) is 4. The molecule has 0 aliphatic carbocycles. The number of benzene rings is 1. The van der Waals surface area contributed by atoms with Gasteiger partial charge in [-0.15, -0.1) is 0 Å². The minimum absolute atomic E-state index is 0.164. The van der Waals surface area contributed by atoms with E-state index < -0.39 is 16.3 Å².